The minimum Gasteiger partial charge on any atom is -0.0619 e. The lowest BCUT2D eigenvalue weighted by atomic mass is 10.1. The van der Waals surface area contributed by atoms with Gasteiger partial charge in [-0.2, -0.15) is 0 Å². The fourth-order valence-electron chi connectivity index (χ4n) is 1.69. The number of hydrogen-bond donors (Lipinski definition) is 0. The highest BCUT2D eigenvalue weighted by Gasteiger charge is 2.33. The molecule has 0 nitrogen and oxygen atoms in total. The van der Waals surface area contributed by atoms with Crippen LogP contribution < -0.4 is 0 Å². The van der Waals surface area contributed by atoms with Crippen molar-refractivity contribution in [2.75, 3.05) is 0 Å². The lowest BCUT2D eigenvalue weighted by molar-refractivity contribution is 0.913. The molecule has 0 heteroatoms. The number of hydrogen-bond acceptors (Lipinski definition) is 0. The second kappa shape index (κ2) is 2.37. The minimum absolute atomic E-state index is 0.870. The fraction of sp³-hybridized carbons (Fsp3) is 0.455. The quantitative estimate of drug-likeness (QED) is 0.571. The summed E-state index contributed by atoms with van der Waals surface area (Å²) in [5, 5.41) is 0. The Hall–Kier alpha value is -0.780. The summed E-state index contributed by atoms with van der Waals surface area (Å²) in [6.45, 7) is 4.49. The predicted molar refractivity (Wildman–Crippen MR) is 47.7 cm³/mol. The molecule has 0 spiro atoms. The van der Waals surface area contributed by atoms with Gasteiger partial charge in [0.25, 0.3) is 0 Å². The molecule has 1 aliphatic rings. The van der Waals surface area contributed by atoms with Gasteiger partial charge in [0.1, 0.15) is 0 Å². The zero-order chi connectivity index (χ0) is 7.84. The van der Waals surface area contributed by atoms with Crippen molar-refractivity contribution in [1.82, 2.24) is 0 Å². The molecule has 0 radical (unpaired) electrons. The molecule has 1 saturated carbocycles. The second-order valence-electron chi connectivity index (χ2n) is 3.73. The molecule has 0 N–H and O–H groups in total. The maximum Gasteiger partial charge on any atom is -0.0133 e. The van der Waals surface area contributed by atoms with Gasteiger partial charge in [0, 0.05) is 0 Å². The van der Waals surface area contributed by atoms with Crippen molar-refractivity contribution < 1.29 is 0 Å². The van der Waals surface area contributed by atoms with Gasteiger partial charge in [-0.15, -0.1) is 0 Å². The molecule has 0 aliphatic heterocycles. The molecule has 1 aliphatic carbocycles. The third-order valence-corrected chi connectivity index (χ3v) is 2.58. The normalized spacial score (nSPS) is 28.5. The van der Waals surface area contributed by atoms with Crippen molar-refractivity contribution >= 4 is 0 Å². The molecule has 58 valence electrons. The first-order chi connectivity index (χ1) is 5.27. The van der Waals surface area contributed by atoms with Crippen molar-refractivity contribution in [2.24, 2.45) is 5.92 Å². The van der Waals surface area contributed by atoms with Crippen LogP contribution >= 0.6 is 0 Å². The molecule has 2 atom stereocenters. The zero-order valence-electron chi connectivity index (χ0n) is 7.17. The third-order valence-electron chi connectivity index (χ3n) is 2.58. The number of benzene rings is 1. The molecule has 2 rings (SSSR count). The van der Waals surface area contributed by atoms with Crippen LogP contribution in [0.2, 0.25) is 0 Å². The van der Waals surface area contributed by atoms with E-state index in [1.165, 1.54) is 17.5 Å². The molecule has 1 aromatic rings. The lowest BCUT2D eigenvalue weighted by Gasteiger charge is -1.98. The Morgan fingerprint density at radius 2 is 2.09 bits per heavy atom. The highest BCUT2D eigenvalue weighted by atomic mass is 14.4. The molecule has 1 aromatic carbocycles. The molecule has 0 bridgehead atoms. The average molecular weight is 146 g/mol. The van der Waals surface area contributed by atoms with Gasteiger partial charge in [-0.25, -0.2) is 0 Å². The maximum atomic E-state index is 2.33. The molecule has 1 unspecified atom stereocenters. The van der Waals surface area contributed by atoms with Gasteiger partial charge >= 0.3 is 0 Å². The Labute approximate surface area is 68.3 Å². The van der Waals surface area contributed by atoms with Crippen LogP contribution in [0.25, 0.3) is 0 Å². The van der Waals surface area contributed by atoms with Crippen LogP contribution in [0.1, 0.15) is 30.4 Å². The van der Waals surface area contributed by atoms with Crippen LogP contribution in [0.4, 0.5) is 0 Å². The average Bonchev–Trinajstić information content (AvgIpc) is 2.67. The third kappa shape index (κ3) is 1.30. The smallest absolute Gasteiger partial charge is 0.0133 e. The molecule has 0 heterocycles. The Morgan fingerprint density at radius 1 is 1.36 bits per heavy atom. The zero-order valence-corrected chi connectivity index (χ0v) is 7.17. The van der Waals surface area contributed by atoms with Crippen LogP contribution in [0, 0.1) is 12.8 Å². The summed E-state index contributed by atoms with van der Waals surface area (Å²) in [7, 11) is 0. The van der Waals surface area contributed by atoms with Crippen LogP contribution in [0.3, 0.4) is 0 Å². The van der Waals surface area contributed by atoms with E-state index in [1.807, 2.05) is 0 Å². The van der Waals surface area contributed by atoms with Gasteiger partial charge < -0.3 is 0 Å². The molecular formula is C11H14. The van der Waals surface area contributed by atoms with E-state index in [1.54, 1.807) is 0 Å². The van der Waals surface area contributed by atoms with Crippen molar-refractivity contribution in [1.29, 1.82) is 0 Å². The summed E-state index contributed by atoms with van der Waals surface area (Å²) < 4.78 is 0. The SMILES string of the molecule is Cc1cccc(C2C[C@H]2C)c1. The monoisotopic (exact) mass is 146 g/mol. The summed E-state index contributed by atoms with van der Waals surface area (Å²) in [6.07, 6.45) is 1.39. The first kappa shape index (κ1) is 6.90. The predicted octanol–water partition coefficient (Wildman–Crippen LogP) is 3.12. The Balaban J connectivity index is 2.25. The van der Waals surface area contributed by atoms with E-state index in [2.05, 4.69) is 38.1 Å². The van der Waals surface area contributed by atoms with Crippen molar-refractivity contribution in [3.8, 4) is 0 Å². The second-order valence-corrected chi connectivity index (χ2v) is 3.73. The summed E-state index contributed by atoms with van der Waals surface area (Å²) in [5.41, 5.74) is 2.93. The first-order valence-corrected chi connectivity index (χ1v) is 4.34. The summed E-state index contributed by atoms with van der Waals surface area (Å²) >= 11 is 0. The first-order valence-electron chi connectivity index (χ1n) is 4.34. The molecule has 0 amide bonds. The number of rotatable bonds is 1. The van der Waals surface area contributed by atoms with Crippen LogP contribution in [0.5, 0.6) is 0 Å². The highest BCUT2D eigenvalue weighted by molar-refractivity contribution is 5.29. The van der Waals surface area contributed by atoms with Gasteiger partial charge in [-0.05, 0) is 30.7 Å². The lowest BCUT2D eigenvalue weighted by Crippen LogP contribution is -1.81. The van der Waals surface area contributed by atoms with Crippen LogP contribution in [0.15, 0.2) is 24.3 Å². The topological polar surface area (TPSA) is 0 Å². The number of aryl methyl sites for hydroxylation is 1. The van der Waals surface area contributed by atoms with E-state index in [0.29, 0.717) is 0 Å². The molecular weight excluding hydrogens is 132 g/mol. The van der Waals surface area contributed by atoms with E-state index < -0.39 is 0 Å². The van der Waals surface area contributed by atoms with Gasteiger partial charge in [-0.1, -0.05) is 36.8 Å². The van der Waals surface area contributed by atoms with Crippen molar-refractivity contribution in [3.63, 3.8) is 0 Å². The maximum absolute atomic E-state index is 2.33. The van der Waals surface area contributed by atoms with Crippen molar-refractivity contribution in [2.45, 2.75) is 26.2 Å². The Kier molecular flexibility index (Phi) is 1.49. The molecule has 0 aromatic heterocycles. The Bertz CT molecular complexity index is 262. The van der Waals surface area contributed by atoms with Gasteiger partial charge in [0.05, 0.1) is 0 Å². The minimum atomic E-state index is 0.870. The Morgan fingerprint density at radius 3 is 2.64 bits per heavy atom. The van der Waals surface area contributed by atoms with Gasteiger partial charge in [0.15, 0.2) is 0 Å². The van der Waals surface area contributed by atoms with E-state index in [-0.39, 0.29) is 0 Å². The highest BCUT2D eigenvalue weighted by Crippen LogP contribution is 2.46. The molecule has 11 heavy (non-hydrogen) atoms. The summed E-state index contributed by atoms with van der Waals surface area (Å²) in [5.74, 6) is 1.80. The summed E-state index contributed by atoms with van der Waals surface area (Å²) in [4.78, 5) is 0. The van der Waals surface area contributed by atoms with E-state index in [0.717, 1.165) is 11.8 Å². The van der Waals surface area contributed by atoms with Crippen LogP contribution in [-0.2, 0) is 0 Å². The van der Waals surface area contributed by atoms with Crippen molar-refractivity contribution in [3.05, 3.63) is 35.4 Å². The fourth-order valence-corrected chi connectivity index (χ4v) is 1.69. The van der Waals surface area contributed by atoms with E-state index in [9.17, 15) is 0 Å². The van der Waals surface area contributed by atoms with Gasteiger partial charge in [0.2, 0.25) is 0 Å². The molecule has 0 saturated heterocycles. The van der Waals surface area contributed by atoms with E-state index in [4.69, 9.17) is 0 Å². The van der Waals surface area contributed by atoms with Gasteiger partial charge in [-0.3, -0.25) is 0 Å². The largest absolute Gasteiger partial charge is 0.0619 e. The van der Waals surface area contributed by atoms with E-state index >= 15 is 0 Å². The molecule has 1 fully saturated rings. The van der Waals surface area contributed by atoms with Crippen LogP contribution in [-0.4, -0.2) is 0 Å². The summed E-state index contributed by atoms with van der Waals surface area (Å²) in [6, 6.07) is 8.89. The standard InChI is InChI=1S/C11H14/c1-8-4-3-5-10(6-8)11-7-9(11)2/h3-6,9,11H,7H2,1-2H3/t9-,11?/m1/s1.